The molecule has 1 N–H and O–H groups in total. The molecular formula is C67H124O5. The minimum atomic E-state index is -0.772. The van der Waals surface area contributed by atoms with E-state index in [9.17, 15) is 14.7 Å². The molecule has 0 amide bonds. The van der Waals surface area contributed by atoms with E-state index >= 15 is 0 Å². The Hall–Kier alpha value is -2.14. The lowest BCUT2D eigenvalue weighted by atomic mass is 10.0. The molecule has 0 aliphatic heterocycles. The highest BCUT2D eigenvalue weighted by Crippen LogP contribution is 2.18. The number of carbonyl (C=O) groups excluding carboxylic acids is 2. The van der Waals surface area contributed by atoms with Crippen molar-refractivity contribution in [1.82, 2.24) is 0 Å². The van der Waals surface area contributed by atoms with Crippen LogP contribution in [0.5, 0.6) is 0 Å². The van der Waals surface area contributed by atoms with Crippen LogP contribution in [0, 0.1) is 0 Å². The second-order valence-corrected chi connectivity index (χ2v) is 21.8. The van der Waals surface area contributed by atoms with Crippen LogP contribution in [0.3, 0.4) is 0 Å². The summed E-state index contributed by atoms with van der Waals surface area (Å²) in [6.07, 6.45) is 84.0. The first kappa shape index (κ1) is 69.9. The van der Waals surface area contributed by atoms with Gasteiger partial charge in [0.25, 0.3) is 0 Å². The molecule has 0 radical (unpaired) electrons. The van der Waals surface area contributed by atoms with Gasteiger partial charge < -0.3 is 14.6 Å². The highest BCUT2D eigenvalue weighted by atomic mass is 16.6. The molecular weight excluding hydrogens is 885 g/mol. The summed E-state index contributed by atoms with van der Waals surface area (Å²) in [5, 5.41) is 9.68. The number of aliphatic hydroxyl groups is 1. The number of aliphatic hydroxyl groups excluding tert-OH is 1. The maximum atomic E-state index is 12.3. The molecule has 422 valence electrons. The molecule has 0 aliphatic rings. The van der Waals surface area contributed by atoms with Gasteiger partial charge in [-0.25, -0.2) is 0 Å². The van der Waals surface area contributed by atoms with Crippen molar-refractivity contribution in [2.24, 2.45) is 0 Å². The molecule has 72 heavy (non-hydrogen) atoms. The fourth-order valence-corrected chi connectivity index (χ4v) is 9.74. The molecule has 0 bridgehead atoms. The number of esters is 2. The lowest BCUT2D eigenvalue weighted by molar-refractivity contribution is -0.161. The fraction of sp³-hybridized carbons (Fsp3) is 0.851. The third kappa shape index (κ3) is 60.4. The SMILES string of the molecule is CCCCCCC/C=C\C/C=C\C/C=C\CCCCCCCCCCCCCCCCCCCCC(=O)OC(CO)COC(=O)CCCCCCCCCCCCCCC/C=C\CCCCCCCCCC. The molecule has 0 heterocycles. The average Bonchev–Trinajstić information content (AvgIpc) is 3.38. The van der Waals surface area contributed by atoms with Crippen molar-refractivity contribution in [3.05, 3.63) is 48.6 Å². The molecule has 0 saturated heterocycles. The van der Waals surface area contributed by atoms with Crippen molar-refractivity contribution in [3.8, 4) is 0 Å². The molecule has 0 saturated carbocycles. The summed E-state index contributed by atoms with van der Waals surface area (Å²) in [7, 11) is 0. The van der Waals surface area contributed by atoms with Gasteiger partial charge in [0.15, 0.2) is 6.10 Å². The number of unbranched alkanes of at least 4 members (excludes halogenated alkanes) is 44. The summed E-state index contributed by atoms with van der Waals surface area (Å²) in [5.74, 6) is -0.572. The molecule has 1 atom stereocenters. The normalized spacial score (nSPS) is 12.4. The van der Waals surface area contributed by atoms with E-state index in [2.05, 4.69) is 62.5 Å². The second kappa shape index (κ2) is 63.2. The van der Waals surface area contributed by atoms with Gasteiger partial charge in [-0.05, 0) is 77.0 Å². The van der Waals surface area contributed by atoms with Crippen LogP contribution in [0.15, 0.2) is 48.6 Å². The molecule has 0 aliphatic carbocycles. The monoisotopic (exact) mass is 1010 g/mol. The Morgan fingerprint density at radius 2 is 0.556 bits per heavy atom. The van der Waals surface area contributed by atoms with Gasteiger partial charge in [0.2, 0.25) is 0 Å². The third-order valence-corrected chi connectivity index (χ3v) is 14.6. The number of rotatable bonds is 60. The van der Waals surface area contributed by atoms with E-state index < -0.39 is 6.10 Å². The quantitative estimate of drug-likeness (QED) is 0.0373. The standard InChI is InChI=1S/C67H124O5/c1-3-5-7-9-11-13-15-17-19-21-23-25-27-29-30-31-32-33-34-35-36-38-40-42-44-46-48-50-52-54-56-58-60-62-67(70)72-65(63-68)64-71-66(69)61-59-57-55-53-51-49-47-45-43-41-39-37-28-26-24-22-20-18-16-14-12-10-8-6-4-2/h15,17,21-24,27,29,65,68H,3-14,16,18-20,25-26,28,30-64H2,1-2H3/b17-15-,23-21-,24-22-,29-27-. The van der Waals surface area contributed by atoms with Crippen LogP contribution in [0.2, 0.25) is 0 Å². The zero-order chi connectivity index (χ0) is 52.0. The van der Waals surface area contributed by atoms with Crippen LogP contribution in [-0.4, -0.2) is 36.4 Å². The third-order valence-electron chi connectivity index (χ3n) is 14.6. The van der Waals surface area contributed by atoms with Crippen molar-refractivity contribution >= 4 is 11.9 Å². The Kier molecular flexibility index (Phi) is 61.3. The molecule has 0 aromatic heterocycles. The minimum Gasteiger partial charge on any atom is -0.462 e. The predicted molar refractivity (Wildman–Crippen MR) is 316 cm³/mol. The minimum absolute atomic E-state index is 0.0618. The molecule has 0 spiro atoms. The van der Waals surface area contributed by atoms with E-state index in [4.69, 9.17) is 9.47 Å². The van der Waals surface area contributed by atoms with Crippen LogP contribution in [0.25, 0.3) is 0 Å². The van der Waals surface area contributed by atoms with Gasteiger partial charge in [-0.2, -0.15) is 0 Å². The number of allylic oxidation sites excluding steroid dienone is 8. The first-order valence-electron chi connectivity index (χ1n) is 32.2. The molecule has 0 aromatic rings. The zero-order valence-electron chi connectivity index (χ0n) is 48.5. The van der Waals surface area contributed by atoms with E-state index in [1.165, 1.54) is 270 Å². The van der Waals surface area contributed by atoms with Gasteiger partial charge in [-0.15, -0.1) is 0 Å². The summed E-state index contributed by atoms with van der Waals surface area (Å²) in [6.45, 7) is 4.18. The van der Waals surface area contributed by atoms with Gasteiger partial charge in [-0.3, -0.25) is 9.59 Å². The van der Waals surface area contributed by atoms with Crippen molar-refractivity contribution in [1.29, 1.82) is 0 Å². The molecule has 0 aromatic carbocycles. The number of hydrogen-bond donors (Lipinski definition) is 1. The largest absolute Gasteiger partial charge is 0.462 e. The lowest BCUT2D eigenvalue weighted by Gasteiger charge is -2.15. The summed E-state index contributed by atoms with van der Waals surface area (Å²) in [6, 6.07) is 0. The Morgan fingerprint density at radius 3 is 0.847 bits per heavy atom. The van der Waals surface area contributed by atoms with E-state index in [-0.39, 0.29) is 25.2 Å². The molecule has 1 unspecified atom stereocenters. The number of carbonyl (C=O) groups is 2. The summed E-state index contributed by atoms with van der Waals surface area (Å²) in [4.78, 5) is 24.6. The Balaban J connectivity index is 3.42. The Labute approximate surface area is 449 Å². The van der Waals surface area contributed by atoms with Crippen molar-refractivity contribution in [3.63, 3.8) is 0 Å². The zero-order valence-corrected chi connectivity index (χ0v) is 48.5. The highest BCUT2D eigenvalue weighted by Gasteiger charge is 2.16. The summed E-state index contributed by atoms with van der Waals surface area (Å²) < 4.78 is 10.7. The first-order valence-corrected chi connectivity index (χ1v) is 32.2. The maximum absolute atomic E-state index is 12.3. The van der Waals surface area contributed by atoms with Crippen molar-refractivity contribution in [2.75, 3.05) is 13.2 Å². The van der Waals surface area contributed by atoms with Crippen LogP contribution in [-0.2, 0) is 19.1 Å². The van der Waals surface area contributed by atoms with Gasteiger partial charge in [0.05, 0.1) is 6.61 Å². The van der Waals surface area contributed by atoms with Crippen LogP contribution >= 0.6 is 0 Å². The smallest absolute Gasteiger partial charge is 0.306 e. The van der Waals surface area contributed by atoms with Gasteiger partial charge in [0, 0.05) is 12.8 Å². The highest BCUT2D eigenvalue weighted by molar-refractivity contribution is 5.70. The van der Waals surface area contributed by atoms with E-state index in [1.807, 2.05) is 0 Å². The Bertz CT molecular complexity index is 1190. The van der Waals surface area contributed by atoms with Crippen molar-refractivity contribution < 1.29 is 24.2 Å². The van der Waals surface area contributed by atoms with Crippen LogP contribution in [0.4, 0.5) is 0 Å². The van der Waals surface area contributed by atoms with E-state index in [1.54, 1.807) is 0 Å². The lowest BCUT2D eigenvalue weighted by Crippen LogP contribution is -2.28. The molecule has 0 fully saturated rings. The van der Waals surface area contributed by atoms with Gasteiger partial charge in [-0.1, -0.05) is 306 Å². The van der Waals surface area contributed by atoms with Gasteiger partial charge in [0.1, 0.15) is 6.61 Å². The van der Waals surface area contributed by atoms with Gasteiger partial charge >= 0.3 is 11.9 Å². The molecule has 5 heteroatoms. The molecule has 5 nitrogen and oxygen atoms in total. The first-order chi connectivity index (χ1) is 35.6. The van der Waals surface area contributed by atoms with Crippen molar-refractivity contribution in [2.45, 2.75) is 354 Å². The van der Waals surface area contributed by atoms with E-state index in [0.717, 1.165) is 51.4 Å². The molecule has 0 rings (SSSR count). The summed E-state index contributed by atoms with van der Waals surface area (Å²) >= 11 is 0. The summed E-state index contributed by atoms with van der Waals surface area (Å²) in [5.41, 5.74) is 0. The number of ether oxygens (including phenoxy) is 2. The number of hydrogen-bond acceptors (Lipinski definition) is 5. The average molecular weight is 1010 g/mol. The maximum Gasteiger partial charge on any atom is 0.306 e. The topological polar surface area (TPSA) is 72.8 Å². The Morgan fingerprint density at radius 1 is 0.319 bits per heavy atom. The van der Waals surface area contributed by atoms with E-state index in [0.29, 0.717) is 12.8 Å². The predicted octanol–water partition coefficient (Wildman–Crippen LogP) is 22.0. The second-order valence-electron chi connectivity index (χ2n) is 21.8. The fourth-order valence-electron chi connectivity index (χ4n) is 9.74. The van der Waals surface area contributed by atoms with Crippen LogP contribution < -0.4 is 0 Å². The van der Waals surface area contributed by atoms with Crippen LogP contribution in [0.1, 0.15) is 348 Å².